The summed E-state index contributed by atoms with van der Waals surface area (Å²) in [6.07, 6.45) is 2.99. The van der Waals surface area contributed by atoms with Gasteiger partial charge in [-0.1, -0.05) is 17.7 Å². The van der Waals surface area contributed by atoms with Crippen molar-refractivity contribution in [2.75, 3.05) is 0 Å². The standard InChI is InChI=1S/C14H14ClNO2/c15-9-1-4-11-8(5-13(17)12(11)7-9)6-14(18)16-10-2-3-10/h1,4,7-8,10H,2-3,5-6H2,(H,16,18). The second-order valence-corrected chi connectivity index (χ2v) is 5.54. The second-order valence-electron chi connectivity index (χ2n) is 5.10. The maximum absolute atomic E-state index is 11.9. The monoisotopic (exact) mass is 263 g/mol. The zero-order chi connectivity index (χ0) is 12.7. The number of hydrogen-bond donors (Lipinski definition) is 1. The van der Waals surface area contributed by atoms with Crippen molar-refractivity contribution >= 4 is 23.3 Å². The highest BCUT2D eigenvalue weighted by Crippen LogP contribution is 2.36. The van der Waals surface area contributed by atoms with E-state index in [2.05, 4.69) is 5.32 Å². The average Bonchev–Trinajstić information content (AvgIpc) is 3.06. The first-order valence-electron chi connectivity index (χ1n) is 6.25. The van der Waals surface area contributed by atoms with Gasteiger partial charge in [0.1, 0.15) is 0 Å². The summed E-state index contributed by atoms with van der Waals surface area (Å²) in [5, 5.41) is 3.54. The van der Waals surface area contributed by atoms with Gasteiger partial charge in [0.25, 0.3) is 0 Å². The van der Waals surface area contributed by atoms with Gasteiger partial charge in [0.15, 0.2) is 5.78 Å². The number of carbonyl (C=O) groups is 2. The van der Waals surface area contributed by atoms with Crippen molar-refractivity contribution in [3.63, 3.8) is 0 Å². The first kappa shape index (κ1) is 11.7. The van der Waals surface area contributed by atoms with Gasteiger partial charge in [0.05, 0.1) is 0 Å². The Labute approximate surface area is 111 Å². The van der Waals surface area contributed by atoms with Gasteiger partial charge < -0.3 is 5.32 Å². The highest BCUT2D eigenvalue weighted by molar-refractivity contribution is 6.31. The largest absolute Gasteiger partial charge is 0.353 e. The molecule has 1 amide bonds. The summed E-state index contributed by atoms with van der Waals surface area (Å²) in [6, 6.07) is 5.74. The van der Waals surface area contributed by atoms with E-state index in [1.807, 2.05) is 6.07 Å². The lowest BCUT2D eigenvalue weighted by atomic mass is 9.97. The number of Topliss-reactive ketones (excluding diaryl/α,β-unsaturated/α-hetero) is 1. The van der Waals surface area contributed by atoms with Crippen LogP contribution < -0.4 is 5.32 Å². The van der Waals surface area contributed by atoms with Crippen LogP contribution in [0, 0.1) is 0 Å². The summed E-state index contributed by atoms with van der Waals surface area (Å²) >= 11 is 5.89. The van der Waals surface area contributed by atoms with Crippen LogP contribution in [0.5, 0.6) is 0 Å². The molecule has 1 unspecified atom stereocenters. The number of benzene rings is 1. The van der Waals surface area contributed by atoms with E-state index in [0.29, 0.717) is 29.5 Å². The summed E-state index contributed by atoms with van der Waals surface area (Å²) in [7, 11) is 0. The van der Waals surface area contributed by atoms with Gasteiger partial charge in [-0.15, -0.1) is 0 Å². The van der Waals surface area contributed by atoms with E-state index in [4.69, 9.17) is 11.6 Å². The van der Waals surface area contributed by atoms with Gasteiger partial charge in [-0.25, -0.2) is 0 Å². The minimum absolute atomic E-state index is 0.0171. The predicted molar refractivity (Wildman–Crippen MR) is 68.9 cm³/mol. The number of rotatable bonds is 3. The minimum atomic E-state index is 0.0171. The van der Waals surface area contributed by atoms with Crippen LogP contribution in [-0.4, -0.2) is 17.7 Å². The van der Waals surface area contributed by atoms with E-state index in [9.17, 15) is 9.59 Å². The molecule has 0 spiro atoms. The van der Waals surface area contributed by atoms with Crippen molar-refractivity contribution in [2.45, 2.75) is 37.6 Å². The molecule has 1 fully saturated rings. The summed E-state index contributed by atoms with van der Waals surface area (Å²) in [4.78, 5) is 23.6. The maximum atomic E-state index is 11.9. The van der Waals surface area contributed by atoms with E-state index < -0.39 is 0 Å². The third kappa shape index (κ3) is 2.27. The van der Waals surface area contributed by atoms with Crippen LogP contribution >= 0.6 is 11.6 Å². The second kappa shape index (κ2) is 4.39. The molecular formula is C14H14ClNO2. The van der Waals surface area contributed by atoms with Crippen LogP contribution in [-0.2, 0) is 4.79 Å². The average molecular weight is 264 g/mol. The van der Waals surface area contributed by atoms with Crippen LogP contribution in [0.1, 0.15) is 47.5 Å². The molecule has 2 aliphatic carbocycles. The van der Waals surface area contributed by atoms with Crippen molar-refractivity contribution < 1.29 is 9.59 Å². The van der Waals surface area contributed by atoms with Gasteiger partial charge >= 0.3 is 0 Å². The molecule has 3 nitrogen and oxygen atoms in total. The fourth-order valence-electron chi connectivity index (χ4n) is 2.49. The quantitative estimate of drug-likeness (QED) is 0.911. The van der Waals surface area contributed by atoms with Crippen LogP contribution in [0.4, 0.5) is 0 Å². The lowest BCUT2D eigenvalue weighted by molar-refractivity contribution is -0.121. The molecular weight excluding hydrogens is 250 g/mol. The van der Waals surface area contributed by atoms with Gasteiger partial charge in [-0.2, -0.15) is 0 Å². The van der Waals surface area contributed by atoms with Gasteiger partial charge in [0.2, 0.25) is 5.91 Å². The SMILES string of the molecule is O=C(CC1CC(=O)c2cc(Cl)ccc21)NC1CC1. The Bertz CT molecular complexity index is 523. The molecule has 0 saturated heterocycles. The van der Waals surface area contributed by atoms with Crippen molar-refractivity contribution in [2.24, 2.45) is 0 Å². The zero-order valence-corrected chi connectivity index (χ0v) is 10.7. The lowest BCUT2D eigenvalue weighted by Gasteiger charge is -2.10. The molecule has 18 heavy (non-hydrogen) atoms. The van der Waals surface area contributed by atoms with Gasteiger partial charge in [-0.3, -0.25) is 9.59 Å². The fraction of sp³-hybridized carbons (Fsp3) is 0.429. The number of fused-ring (bicyclic) bond motifs is 1. The van der Waals surface area contributed by atoms with Crippen molar-refractivity contribution in [1.82, 2.24) is 5.32 Å². The molecule has 1 aromatic rings. The molecule has 0 aromatic heterocycles. The lowest BCUT2D eigenvalue weighted by Crippen LogP contribution is -2.26. The van der Waals surface area contributed by atoms with Gasteiger partial charge in [0, 0.05) is 35.4 Å². The number of halogens is 1. The topological polar surface area (TPSA) is 46.2 Å². The fourth-order valence-corrected chi connectivity index (χ4v) is 2.66. The van der Waals surface area contributed by atoms with Crippen LogP contribution in [0.15, 0.2) is 18.2 Å². The summed E-state index contributed by atoms with van der Waals surface area (Å²) in [5.41, 5.74) is 1.65. The predicted octanol–water partition coefficient (Wildman–Crippen LogP) is 2.68. The van der Waals surface area contributed by atoms with E-state index in [-0.39, 0.29) is 17.6 Å². The summed E-state index contributed by atoms with van der Waals surface area (Å²) < 4.78 is 0. The zero-order valence-electron chi connectivity index (χ0n) is 9.91. The van der Waals surface area contributed by atoms with Crippen molar-refractivity contribution in [1.29, 1.82) is 0 Å². The molecule has 94 valence electrons. The minimum Gasteiger partial charge on any atom is -0.353 e. The molecule has 0 heterocycles. The number of nitrogens with one attached hydrogen (secondary N) is 1. The molecule has 3 rings (SSSR count). The third-order valence-corrected chi connectivity index (χ3v) is 3.80. The molecule has 1 aromatic carbocycles. The van der Waals surface area contributed by atoms with Gasteiger partial charge in [-0.05, 0) is 30.5 Å². The molecule has 1 N–H and O–H groups in total. The number of hydrogen-bond acceptors (Lipinski definition) is 2. The molecule has 4 heteroatoms. The molecule has 0 aliphatic heterocycles. The molecule has 0 radical (unpaired) electrons. The first-order valence-corrected chi connectivity index (χ1v) is 6.63. The molecule has 1 atom stereocenters. The number of ketones is 1. The Hall–Kier alpha value is -1.35. The van der Waals surface area contributed by atoms with E-state index in [1.54, 1.807) is 12.1 Å². The smallest absolute Gasteiger partial charge is 0.220 e. The van der Waals surface area contributed by atoms with Crippen molar-refractivity contribution in [3.8, 4) is 0 Å². The van der Waals surface area contributed by atoms with Crippen molar-refractivity contribution in [3.05, 3.63) is 34.3 Å². The number of amides is 1. The van der Waals surface area contributed by atoms with E-state index >= 15 is 0 Å². The Kier molecular flexibility index (Phi) is 2.86. The molecule has 2 aliphatic rings. The highest BCUT2D eigenvalue weighted by Gasteiger charge is 2.32. The Balaban J connectivity index is 1.75. The normalized spacial score (nSPS) is 21.8. The highest BCUT2D eigenvalue weighted by atomic mass is 35.5. The first-order chi connectivity index (χ1) is 8.63. The maximum Gasteiger partial charge on any atom is 0.220 e. The van der Waals surface area contributed by atoms with Crippen LogP contribution in [0.3, 0.4) is 0 Å². The Morgan fingerprint density at radius 2 is 2.17 bits per heavy atom. The summed E-state index contributed by atoms with van der Waals surface area (Å²) in [5.74, 6) is 0.165. The van der Waals surface area contributed by atoms with E-state index in [0.717, 1.165) is 18.4 Å². The third-order valence-electron chi connectivity index (χ3n) is 3.56. The molecule has 0 bridgehead atoms. The number of carbonyl (C=O) groups excluding carboxylic acids is 2. The Morgan fingerprint density at radius 3 is 2.89 bits per heavy atom. The summed E-state index contributed by atoms with van der Waals surface area (Å²) in [6.45, 7) is 0. The van der Waals surface area contributed by atoms with Crippen LogP contribution in [0.25, 0.3) is 0 Å². The molecule has 1 saturated carbocycles. The Morgan fingerprint density at radius 1 is 1.39 bits per heavy atom. The van der Waals surface area contributed by atoms with Crippen LogP contribution in [0.2, 0.25) is 5.02 Å². The van der Waals surface area contributed by atoms with E-state index in [1.165, 1.54) is 0 Å².